The molecule has 1 aromatic carbocycles. The fourth-order valence-electron chi connectivity index (χ4n) is 4.12. The van der Waals surface area contributed by atoms with Gasteiger partial charge in [0, 0.05) is 17.3 Å². The Morgan fingerprint density at radius 2 is 1.63 bits per heavy atom. The number of guanidine groups is 1. The van der Waals surface area contributed by atoms with Gasteiger partial charge < -0.3 is 42.7 Å². The van der Waals surface area contributed by atoms with Gasteiger partial charge in [-0.2, -0.15) is 0 Å². The number of carboxylic acids is 2. The van der Waals surface area contributed by atoms with Gasteiger partial charge >= 0.3 is 11.9 Å². The second kappa shape index (κ2) is 16.8. The van der Waals surface area contributed by atoms with Crippen molar-refractivity contribution in [3.63, 3.8) is 0 Å². The number of phenols is 1. The van der Waals surface area contributed by atoms with Crippen molar-refractivity contribution in [2.24, 2.45) is 16.5 Å². The minimum absolute atomic E-state index is 0.0205. The summed E-state index contributed by atoms with van der Waals surface area (Å²) < 4.78 is 12.8. The van der Waals surface area contributed by atoms with Crippen LogP contribution in [-0.4, -0.2) is 110 Å². The fraction of sp³-hybridized carbons (Fsp3) is 0.480. The van der Waals surface area contributed by atoms with Gasteiger partial charge in [-0.1, -0.05) is 12.1 Å². The molecule has 1 unspecified atom stereocenters. The third-order valence-electron chi connectivity index (χ3n) is 6.14. The normalized spacial score (nSPS) is 24.2. The molecule has 1 saturated heterocycles. The molecular weight excluding hydrogens is 590 g/mol. The van der Waals surface area contributed by atoms with Crippen LogP contribution < -0.4 is 32.7 Å². The summed E-state index contributed by atoms with van der Waals surface area (Å²) in [5.41, 5.74) is 11.2. The van der Waals surface area contributed by atoms with Crippen molar-refractivity contribution in [2.75, 3.05) is 24.6 Å². The summed E-state index contributed by atoms with van der Waals surface area (Å²) in [6.07, 6.45) is -0.696. The molecule has 0 saturated carbocycles. The van der Waals surface area contributed by atoms with Crippen LogP contribution in [0.4, 0.5) is 0 Å². The van der Waals surface area contributed by atoms with Crippen LogP contribution in [0.5, 0.6) is 5.75 Å². The number of amides is 3. The lowest BCUT2D eigenvalue weighted by Gasteiger charge is -2.26. The van der Waals surface area contributed by atoms with Crippen LogP contribution in [0.15, 0.2) is 29.3 Å². The minimum atomic E-state index is -2.13. The Hall–Kier alpha value is -4.58. The first-order valence-corrected chi connectivity index (χ1v) is 14.5. The molecule has 2 rings (SSSR count). The molecule has 43 heavy (non-hydrogen) atoms. The molecule has 3 amide bonds. The number of phenolic OH excluding ortho intramolecular Hbond substituents is 1. The molecule has 17 nitrogen and oxygen atoms in total. The van der Waals surface area contributed by atoms with E-state index in [0.717, 1.165) is 0 Å². The quantitative estimate of drug-likeness (QED) is 0.0726. The molecule has 0 spiro atoms. The van der Waals surface area contributed by atoms with Gasteiger partial charge in [0.15, 0.2) is 11.7 Å². The number of carbonyl (C=O) groups is 6. The highest BCUT2D eigenvalue weighted by atomic mass is 32.2. The Balaban J connectivity index is 2.42. The first-order valence-electron chi connectivity index (χ1n) is 13.0. The molecule has 1 aliphatic heterocycles. The third kappa shape index (κ3) is 12.4. The van der Waals surface area contributed by atoms with Crippen LogP contribution in [0.3, 0.4) is 0 Å². The number of Topliss-reactive ketones (excluding diaryl/α,β-unsaturated/α-hetero) is 1. The Morgan fingerprint density at radius 3 is 2.23 bits per heavy atom. The lowest BCUT2D eigenvalue weighted by Crippen LogP contribution is -2.57. The SMILES string of the molecule is NC(N)=NCCC[C@@H]1NC(=O)CNC(=O)[C@H](CC(=O)O)N[C@H](C(=O)O)CS(=O)CC(=O)N[C@H](Cc2ccc(O)cc2)C1=O. The molecular formula is C25H35N7O10S. The Morgan fingerprint density at radius 1 is 0.977 bits per heavy atom. The van der Waals surface area contributed by atoms with Crippen molar-refractivity contribution < 1.29 is 48.3 Å². The van der Waals surface area contributed by atoms with Gasteiger partial charge in [0.2, 0.25) is 17.7 Å². The average molecular weight is 626 g/mol. The maximum atomic E-state index is 13.7. The van der Waals surface area contributed by atoms with E-state index in [1.807, 2.05) is 0 Å². The molecule has 5 atom stereocenters. The molecule has 0 radical (unpaired) electrons. The number of nitrogens with two attached hydrogens (primary N) is 2. The highest BCUT2D eigenvalue weighted by molar-refractivity contribution is 7.85. The van der Waals surface area contributed by atoms with E-state index in [1.165, 1.54) is 24.3 Å². The van der Waals surface area contributed by atoms with Gasteiger partial charge in [0.1, 0.15) is 17.5 Å². The molecule has 0 aromatic heterocycles. The number of nitrogens with zero attached hydrogens (tertiary/aromatic N) is 1. The standard InChI is InChI=1S/C25H35N7O10S/c26-25(27)28-7-1-2-15-22(38)16(8-13-3-5-14(33)6-4-13)32-20(35)12-43(42)11-18(24(40)41)30-17(9-21(36)37)23(39)29-10-19(34)31-15/h3-6,15-18,30,33H,1-2,7-12H2,(H,29,39)(H,31,34)(H,32,35)(H,36,37)(H,40,41)(H4,26,27,28)/t15-,16+,17-,18-,43?/m0/s1. The number of aromatic hydroxyl groups is 1. The van der Waals surface area contributed by atoms with E-state index in [1.54, 1.807) is 0 Å². The summed E-state index contributed by atoms with van der Waals surface area (Å²) >= 11 is 0. The average Bonchev–Trinajstić information content (AvgIpc) is 2.91. The molecule has 0 bridgehead atoms. The van der Waals surface area contributed by atoms with Crippen LogP contribution in [-0.2, 0) is 46.0 Å². The number of aliphatic imine (C=N–C) groups is 1. The van der Waals surface area contributed by atoms with Crippen molar-refractivity contribution in [3.8, 4) is 5.75 Å². The van der Waals surface area contributed by atoms with Gasteiger partial charge in [-0.15, -0.1) is 0 Å². The second-order valence-corrected chi connectivity index (χ2v) is 11.1. The maximum absolute atomic E-state index is 13.7. The van der Waals surface area contributed by atoms with Crippen molar-refractivity contribution in [2.45, 2.75) is 49.9 Å². The summed E-state index contributed by atoms with van der Waals surface area (Å²) in [5, 5.41) is 37.9. The largest absolute Gasteiger partial charge is 0.508 e. The summed E-state index contributed by atoms with van der Waals surface area (Å²) in [5.74, 6) is -7.99. The van der Waals surface area contributed by atoms with E-state index >= 15 is 0 Å². The topological polar surface area (TPSA) is 293 Å². The number of benzene rings is 1. The highest BCUT2D eigenvalue weighted by Gasteiger charge is 2.33. The van der Waals surface area contributed by atoms with E-state index < -0.39 is 94.9 Å². The number of hydrogen-bond acceptors (Lipinski definition) is 10. The minimum Gasteiger partial charge on any atom is -0.508 e. The number of carboxylic acid groups (broad SMARTS) is 2. The second-order valence-electron chi connectivity index (χ2n) is 9.64. The van der Waals surface area contributed by atoms with Crippen molar-refractivity contribution in [1.82, 2.24) is 21.3 Å². The molecule has 1 fully saturated rings. The number of nitrogens with one attached hydrogen (secondary N) is 4. The Bertz CT molecular complexity index is 1250. The smallest absolute Gasteiger partial charge is 0.321 e. The maximum Gasteiger partial charge on any atom is 0.321 e. The molecule has 236 valence electrons. The van der Waals surface area contributed by atoms with E-state index in [-0.39, 0.29) is 37.5 Å². The lowest BCUT2D eigenvalue weighted by atomic mass is 9.95. The van der Waals surface area contributed by atoms with Crippen LogP contribution in [0.2, 0.25) is 0 Å². The lowest BCUT2D eigenvalue weighted by molar-refractivity contribution is -0.143. The van der Waals surface area contributed by atoms with Crippen molar-refractivity contribution in [3.05, 3.63) is 29.8 Å². The van der Waals surface area contributed by atoms with Gasteiger partial charge in [0.05, 0.1) is 36.8 Å². The highest BCUT2D eigenvalue weighted by Crippen LogP contribution is 2.14. The van der Waals surface area contributed by atoms with Crippen LogP contribution in [0, 0.1) is 0 Å². The summed E-state index contributed by atoms with van der Waals surface area (Å²) in [6, 6.07) is 0.0167. The van der Waals surface area contributed by atoms with E-state index in [2.05, 4.69) is 26.3 Å². The molecule has 18 heteroatoms. The number of ketones is 1. The monoisotopic (exact) mass is 625 g/mol. The van der Waals surface area contributed by atoms with E-state index in [0.29, 0.717) is 5.56 Å². The van der Waals surface area contributed by atoms with Crippen LogP contribution >= 0.6 is 0 Å². The van der Waals surface area contributed by atoms with Gasteiger partial charge in [0.25, 0.3) is 0 Å². The summed E-state index contributed by atoms with van der Waals surface area (Å²) in [4.78, 5) is 79.1. The first-order chi connectivity index (χ1) is 20.2. The number of hydrogen-bond donors (Lipinski definition) is 9. The van der Waals surface area contributed by atoms with Gasteiger partial charge in [-0.25, -0.2) is 0 Å². The van der Waals surface area contributed by atoms with E-state index in [4.69, 9.17) is 11.5 Å². The zero-order valence-electron chi connectivity index (χ0n) is 23.0. The zero-order chi connectivity index (χ0) is 32.1. The van der Waals surface area contributed by atoms with Gasteiger partial charge in [-0.3, -0.25) is 43.3 Å². The number of rotatable bonds is 9. The Labute approximate surface area is 248 Å². The molecule has 0 aliphatic carbocycles. The predicted octanol–water partition coefficient (Wildman–Crippen LogP) is -3.71. The van der Waals surface area contributed by atoms with Gasteiger partial charge in [-0.05, 0) is 37.0 Å². The Kier molecular flexibility index (Phi) is 13.5. The first kappa shape index (κ1) is 34.6. The summed E-state index contributed by atoms with van der Waals surface area (Å²) in [6.45, 7) is -0.590. The molecule has 1 aromatic rings. The van der Waals surface area contributed by atoms with Crippen molar-refractivity contribution >= 4 is 52.2 Å². The van der Waals surface area contributed by atoms with Crippen molar-refractivity contribution in [1.29, 1.82) is 0 Å². The fourth-order valence-corrected chi connectivity index (χ4v) is 5.23. The summed E-state index contributed by atoms with van der Waals surface area (Å²) in [7, 11) is -2.13. The predicted molar refractivity (Wildman–Crippen MR) is 152 cm³/mol. The molecule has 1 aliphatic rings. The third-order valence-corrected chi connectivity index (χ3v) is 7.43. The van der Waals surface area contributed by atoms with E-state index in [9.17, 15) is 48.3 Å². The number of aliphatic carboxylic acids is 2. The molecule has 1 heterocycles. The molecule has 11 N–H and O–H groups in total. The van der Waals surface area contributed by atoms with Crippen LogP contribution in [0.1, 0.15) is 24.8 Å². The zero-order valence-corrected chi connectivity index (χ0v) is 23.8. The number of carbonyl (C=O) groups excluding carboxylic acids is 4. The van der Waals surface area contributed by atoms with Crippen LogP contribution in [0.25, 0.3) is 0 Å².